The predicted molar refractivity (Wildman–Crippen MR) is 71.6 cm³/mol. The molecular weight excluding hydrogens is 298 g/mol. The van der Waals surface area contributed by atoms with E-state index in [-0.39, 0.29) is 11.9 Å². The Morgan fingerprint density at radius 1 is 1.56 bits per heavy atom. The second-order valence-electron chi connectivity index (χ2n) is 4.20. The highest BCUT2D eigenvalue weighted by molar-refractivity contribution is 9.10. The molecular formula is C12H14BrN3O2. The lowest BCUT2D eigenvalue weighted by atomic mass is 9.97. The number of fused-ring (bicyclic) bond motifs is 1. The van der Waals surface area contributed by atoms with E-state index in [1.54, 1.807) is 13.1 Å². The van der Waals surface area contributed by atoms with Gasteiger partial charge in [-0.1, -0.05) is 13.8 Å². The van der Waals surface area contributed by atoms with Gasteiger partial charge < -0.3 is 4.74 Å². The summed E-state index contributed by atoms with van der Waals surface area (Å²) in [7, 11) is 0. The minimum atomic E-state index is -0.337. The molecule has 0 aliphatic rings. The smallest absolute Gasteiger partial charge is 0.339 e. The topological polar surface area (TPSA) is 67.9 Å². The summed E-state index contributed by atoms with van der Waals surface area (Å²) in [5.74, 6) is -0.179. The van der Waals surface area contributed by atoms with Crippen LogP contribution in [-0.4, -0.2) is 27.8 Å². The largest absolute Gasteiger partial charge is 0.462 e. The van der Waals surface area contributed by atoms with Crippen LogP contribution in [0.5, 0.6) is 0 Å². The van der Waals surface area contributed by atoms with Gasteiger partial charge in [0, 0.05) is 5.56 Å². The number of hydrogen-bond acceptors (Lipinski definition) is 4. The van der Waals surface area contributed by atoms with E-state index in [9.17, 15) is 4.79 Å². The third-order valence-corrected chi connectivity index (χ3v) is 3.25. The minimum Gasteiger partial charge on any atom is -0.462 e. The van der Waals surface area contributed by atoms with E-state index in [1.165, 1.54) is 0 Å². The van der Waals surface area contributed by atoms with Crippen molar-refractivity contribution in [1.29, 1.82) is 0 Å². The highest BCUT2D eigenvalue weighted by atomic mass is 79.9. The summed E-state index contributed by atoms with van der Waals surface area (Å²) in [4.78, 5) is 16.5. The molecule has 0 bridgehead atoms. The zero-order valence-corrected chi connectivity index (χ0v) is 12.0. The van der Waals surface area contributed by atoms with Crippen LogP contribution in [0.3, 0.4) is 0 Å². The first-order valence-corrected chi connectivity index (χ1v) is 6.55. The van der Waals surface area contributed by atoms with Gasteiger partial charge in [0.2, 0.25) is 0 Å². The lowest BCUT2D eigenvalue weighted by molar-refractivity contribution is 0.0527. The zero-order chi connectivity index (χ0) is 13.3. The van der Waals surface area contributed by atoms with E-state index in [0.29, 0.717) is 27.8 Å². The van der Waals surface area contributed by atoms with Crippen LogP contribution in [0.4, 0.5) is 0 Å². The highest BCUT2D eigenvalue weighted by Crippen LogP contribution is 2.31. The summed E-state index contributed by atoms with van der Waals surface area (Å²) >= 11 is 3.41. The van der Waals surface area contributed by atoms with Crippen molar-refractivity contribution in [3.63, 3.8) is 0 Å². The Labute approximate surface area is 113 Å². The van der Waals surface area contributed by atoms with Gasteiger partial charge >= 0.3 is 5.97 Å². The van der Waals surface area contributed by atoms with E-state index >= 15 is 0 Å². The highest BCUT2D eigenvalue weighted by Gasteiger charge is 2.23. The Morgan fingerprint density at radius 2 is 2.28 bits per heavy atom. The molecule has 96 valence electrons. The van der Waals surface area contributed by atoms with Crippen molar-refractivity contribution in [2.45, 2.75) is 26.7 Å². The number of rotatable bonds is 3. The Balaban J connectivity index is 2.75. The average Bonchev–Trinajstić information content (AvgIpc) is 2.74. The fourth-order valence-corrected chi connectivity index (χ4v) is 2.74. The number of halogens is 1. The third-order valence-electron chi connectivity index (χ3n) is 2.65. The van der Waals surface area contributed by atoms with Gasteiger partial charge in [-0.25, -0.2) is 9.78 Å². The van der Waals surface area contributed by atoms with Gasteiger partial charge in [-0.3, -0.25) is 5.10 Å². The van der Waals surface area contributed by atoms with Crippen LogP contribution < -0.4 is 0 Å². The molecule has 6 heteroatoms. The number of ether oxygens (including phenoxy) is 1. The molecule has 0 fully saturated rings. The standard InChI is InChI=1S/C12H14BrN3O2/c1-4-18-12(17)9-7-5-14-16-11(7)15-10(13)8(9)6(2)3/h5-6H,4H2,1-3H3,(H,14,15,16). The monoisotopic (exact) mass is 311 g/mol. The van der Waals surface area contributed by atoms with Crippen LogP contribution in [0.15, 0.2) is 10.8 Å². The van der Waals surface area contributed by atoms with Gasteiger partial charge in [0.1, 0.15) is 4.60 Å². The number of nitrogens with one attached hydrogen (secondary N) is 1. The van der Waals surface area contributed by atoms with E-state index in [2.05, 4.69) is 31.1 Å². The Bertz CT molecular complexity index is 592. The fraction of sp³-hybridized carbons (Fsp3) is 0.417. The maximum Gasteiger partial charge on any atom is 0.339 e. The van der Waals surface area contributed by atoms with Crippen molar-refractivity contribution >= 4 is 32.9 Å². The molecule has 1 N–H and O–H groups in total. The summed E-state index contributed by atoms with van der Waals surface area (Å²) in [5.41, 5.74) is 1.97. The summed E-state index contributed by atoms with van der Waals surface area (Å²) in [6.07, 6.45) is 1.60. The van der Waals surface area contributed by atoms with Gasteiger partial charge in [0.25, 0.3) is 0 Å². The maximum absolute atomic E-state index is 12.1. The molecule has 5 nitrogen and oxygen atoms in total. The third kappa shape index (κ3) is 2.12. The Hall–Kier alpha value is -1.43. The molecule has 0 aromatic carbocycles. The van der Waals surface area contributed by atoms with Gasteiger partial charge in [0.05, 0.1) is 23.8 Å². The number of carbonyl (C=O) groups is 1. The average molecular weight is 312 g/mol. The molecule has 0 spiro atoms. The van der Waals surface area contributed by atoms with E-state index in [4.69, 9.17) is 4.74 Å². The van der Waals surface area contributed by atoms with Crippen molar-refractivity contribution in [1.82, 2.24) is 15.2 Å². The minimum absolute atomic E-state index is 0.158. The van der Waals surface area contributed by atoms with Crippen LogP contribution in [0.25, 0.3) is 11.0 Å². The number of pyridine rings is 1. The number of esters is 1. The van der Waals surface area contributed by atoms with E-state index in [0.717, 1.165) is 5.56 Å². The van der Waals surface area contributed by atoms with Crippen molar-refractivity contribution < 1.29 is 9.53 Å². The molecule has 0 radical (unpaired) electrons. The number of H-pyrrole nitrogens is 1. The summed E-state index contributed by atoms with van der Waals surface area (Å²) < 4.78 is 5.77. The summed E-state index contributed by atoms with van der Waals surface area (Å²) in [6.45, 7) is 6.15. The molecule has 2 rings (SSSR count). The fourth-order valence-electron chi connectivity index (χ4n) is 1.90. The zero-order valence-electron chi connectivity index (χ0n) is 10.5. The first kappa shape index (κ1) is 13.0. The van der Waals surface area contributed by atoms with Crippen LogP contribution in [0.1, 0.15) is 42.6 Å². The quantitative estimate of drug-likeness (QED) is 0.699. The predicted octanol–water partition coefficient (Wildman–Crippen LogP) is 3.02. The van der Waals surface area contributed by atoms with Crippen molar-refractivity contribution in [3.8, 4) is 0 Å². The van der Waals surface area contributed by atoms with Gasteiger partial charge in [0.15, 0.2) is 5.65 Å². The molecule has 0 unspecified atom stereocenters. The van der Waals surface area contributed by atoms with Crippen LogP contribution in [-0.2, 0) is 4.74 Å². The lowest BCUT2D eigenvalue weighted by Gasteiger charge is -2.14. The van der Waals surface area contributed by atoms with Gasteiger partial charge in [-0.15, -0.1) is 0 Å². The molecule has 18 heavy (non-hydrogen) atoms. The second-order valence-corrected chi connectivity index (χ2v) is 4.95. The Kier molecular flexibility index (Phi) is 3.65. The summed E-state index contributed by atoms with van der Waals surface area (Å²) in [6, 6.07) is 0. The van der Waals surface area contributed by atoms with E-state index < -0.39 is 0 Å². The van der Waals surface area contributed by atoms with Crippen molar-refractivity contribution in [2.75, 3.05) is 6.61 Å². The molecule has 0 aliphatic heterocycles. The maximum atomic E-state index is 12.1. The van der Waals surface area contributed by atoms with Gasteiger partial charge in [-0.05, 0) is 28.8 Å². The summed E-state index contributed by atoms with van der Waals surface area (Å²) in [5, 5.41) is 7.39. The normalized spacial score (nSPS) is 11.2. The molecule has 0 amide bonds. The molecule has 0 saturated carbocycles. The number of hydrogen-bond donors (Lipinski definition) is 1. The van der Waals surface area contributed by atoms with E-state index in [1.807, 2.05) is 13.8 Å². The molecule has 2 heterocycles. The lowest BCUT2D eigenvalue weighted by Crippen LogP contribution is -2.11. The molecule has 2 aromatic heterocycles. The molecule has 0 atom stereocenters. The van der Waals surface area contributed by atoms with Crippen LogP contribution in [0.2, 0.25) is 0 Å². The molecule has 2 aromatic rings. The first-order valence-electron chi connectivity index (χ1n) is 5.75. The SMILES string of the molecule is CCOC(=O)c1c(C(C)C)c(Br)nc2[nH]ncc12. The number of aromatic amines is 1. The number of carbonyl (C=O) groups excluding carboxylic acids is 1. The van der Waals surface area contributed by atoms with Gasteiger partial charge in [-0.2, -0.15) is 5.10 Å². The second kappa shape index (κ2) is 5.06. The first-order chi connectivity index (χ1) is 8.56. The number of nitrogens with zero attached hydrogens (tertiary/aromatic N) is 2. The molecule has 0 saturated heterocycles. The number of aromatic nitrogens is 3. The van der Waals surface area contributed by atoms with Crippen LogP contribution >= 0.6 is 15.9 Å². The van der Waals surface area contributed by atoms with Crippen molar-refractivity contribution in [2.24, 2.45) is 0 Å². The Morgan fingerprint density at radius 3 is 2.89 bits per heavy atom. The van der Waals surface area contributed by atoms with Crippen LogP contribution in [0, 0.1) is 0 Å². The van der Waals surface area contributed by atoms with Crippen molar-refractivity contribution in [3.05, 3.63) is 21.9 Å². The molecule has 0 aliphatic carbocycles.